The molecule has 15 heavy (non-hydrogen) atoms. The normalized spacial score (nSPS) is 14.8. The van der Waals surface area contributed by atoms with Gasteiger partial charge in [-0.05, 0) is 32.1 Å². The molecule has 1 aliphatic carbocycles. The van der Waals surface area contributed by atoms with Crippen LogP contribution in [-0.4, -0.2) is 0 Å². The zero-order chi connectivity index (χ0) is 10.9. The van der Waals surface area contributed by atoms with Gasteiger partial charge >= 0.3 is 0 Å². The van der Waals surface area contributed by atoms with Crippen molar-refractivity contribution in [2.75, 3.05) is 0 Å². The van der Waals surface area contributed by atoms with Gasteiger partial charge in [-0.3, -0.25) is 0 Å². The van der Waals surface area contributed by atoms with E-state index in [1.54, 1.807) is 0 Å². The molecule has 0 aromatic heterocycles. The minimum atomic E-state index is 1.36. The fourth-order valence-corrected chi connectivity index (χ4v) is 2.27. The average molecular weight is 208 g/mol. The molecule has 0 aromatic rings. The molecule has 0 bridgehead atoms. The maximum atomic E-state index is 2.29. The quantitative estimate of drug-likeness (QED) is 0.322. The Bertz CT molecular complexity index is 168. The highest BCUT2D eigenvalue weighted by molar-refractivity contribution is 5.34. The average Bonchev–Trinajstić information content (AvgIpc) is 2.99. The summed E-state index contributed by atoms with van der Waals surface area (Å²) in [7, 11) is 0. The summed E-state index contributed by atoms with van der Waals surface area (Å²) in [6.07, 6.45) is 15.6. The van der Waals surface area contributed by atoms with Gasteiger partial charge < -0.3 is 0 Å². The summed E-state index contributed by atoms with van der Waals surface area (Å²) in [5, 5.41) is 0. The van der Waals surface area contributed by atoms with Gasteiger partial charge in [0.1, 0.15) is 0 Å². The van der Waals surface area contributed by atoms with E-state index in [0.29, 0.717) is 0 Å². The van der Waals surface area contributed by atoms with Gasteiger partial charge in [0.25, 0.3) is 0 Å². The van der Waals surface area contributed by atoms with E-state index < -0.39 is 0 Å². The third kappa shape index (κ3) is 6.02. The fourth-order valence-electron chi connectivity index (χ4n) is 2.27. The third-order valence-corrected chi connectivity index (χ3v) is 3.47. The van der Waals surface area contributed by atoms with Crippen molar-refractivity contribution in [3.05, 3.63) is 11.1 Å². The molecule has 0 heterocycles. The van der Waals surface area contributed by atoms with E-state index in [0.717, 1.165) is 0 Å². The highest BCUT2D eigenvalue weighted by atomic mass is 14.2. The number of rotatable bonds is 10. The van der Waals surface area contributed by atoms with Crippen LogP contribution >= 0.6 is 0 Å². The third-order valence-electron chi connectivity index (χ3n) is 3.47. The molecule has 0 N–H and O–H groups in total. The lowest BCUT2D eigenvalue weighted by Gasteiger charge is -1.95. The van der Waals surface area contributed by atoms with Crippen molar-refractivity contribution in [1.29, 1.82) is 0 Å². The molecule has 1 rings (SSSR count). The zero-order valence-corrected chi connectivity index (χ0v) is 10.8. The van der Waals surface area contributed by atoms with Crippen LogP contribution in [0, 0.1) is 0 Å². The molecule has 0 atom stereocenters. The predicted octanol–water partition coefficient (Wildman–Crippen LogP) is 5.63. The van der Waals surface area contributed by atoms with Gasteiger partial charge in [-0.1, -0.05) is 63.5 Å². The molecule has 0 saturated carbocycles. The van der Waals surface area contributed by atoms with Crippen molar-refractivity contribution in [3.8, 4) is 0 Å². The van der Waals surface area contributed by atoms with E-state index in [9.17, 15) is 0 Å². The highest BCUT2D eigenvalue weighted by Gasteiger charge is 2.19. The molecule has 0 fully saturated rings. The number of allylic oxidation sites excluding steroid dienone is 2. The van der Waals surface area contributed by atoms with Gasteiger partial charge in [-0.15, -0.1) is 0 Å². The smallest absolute Gasteiger partial charge is 0.0103 e. The summed E-state index contributed by atoms with van der Waals surface area (Å²) in [5.74, 6) is 0. The van der Waals surface area contributed by atoms with Gasteiger partial charge in [-0.2, -0.15) is 0 Å². The molecule has 0 unspecified atom stereocenters. The Balaban J connectivity index is 1.91. The molecule has 0 radical (unpaired) electrons. The summed E-state index contributed by atoms with van der Waals surface area (Å²) in [5.41, 5.74) is 3.64. The lowest BCUT2D eigenvalue weighted by Crippen LogP contribution is -1.75. The van der Waals surface area contributed by atoms with Gasteiger partial charge in [0.15, 0.2) is 0 Å². The SMILES string of the molecule is CCCCCCC1=C(CCCCCC)C1. The summed E-state index contributed by atoms with van der Waals surface area (Å²) in [4.78, 5) is 0. The van der Waals surface area contributed by atoms with E-state index >= 15 is 0 Å². The Morgan fingerprint density at radius 3 is 1.53 bits per heavy atom. The van der Waals surface area contributed by atoms with Crippen molar-refractivity contribution in [2.45, 2.75) is 84.5 Å². The molecular weight excluding hydrogens is 180 g/mol. The Hall–Kier alpha value is -0.260. The van der Waals surface area contributed by atoms with Crippen LogP contribution in [0.4, 0.5) is 0 Å². The minimum Gasteiger partial charge on any atom is -0.0666 e. The van der Waals surface area contributed by atoms with Crippen molar-refractivity contribution >= 4 is 0 Å². The lowest BCUT2D eigenvalue weighted by molar-refractivity contribution is 0.665. The van der Waals surface area contributed by atoms with Crippen LogP contribution in [0.25, 0.3) is 0 Å². The number of unbranched alkanes of at least 4 members (excludes halogenated alkanes) is 6. The molecule has 0 nitrogen and oxygen atoms in total. The van der Waals surface area contributed by atoms with Gasteiger partial charge in [-0.25, -0.2) is 0 Å². The Morgan fingerprint density at radius 2 is 1.13 bits per heavy atom. The predicted molar refractivity (Wildman–Crippen MR) is 69.2 cm³/mol. The van der Waals surface area contributed by atoms with E-state index in [1.165, 1.54) is 70.6 Å². The van der Waals surface area contributed by atoms with E-state index in [4.69, 9.17) is 0 Å². The second kappa shape index (κ2) is 7.96. The van der Waals surface area contributed by atoms with Crippen LogP contribution in [0.5, 0.6) is 0 Å². The Kier molecular flexibility index (Phi) is 6.80. The lowest BCUT2D eigenvalue weighted by atomic mass is 10.1. The molecule has 0 spiro atoms. The van der Waals surface area contributed by atoms with Crippen LogP contribution in [0.2, 0.25) is 0 Å². The first kappa shape index (κ1) is 12.8. The van der Waals surface area contributed by atoms with Crippen LogP contribution in [0.3, 0.4) is 0 Å². The highest BCUT2D eigenvalue weighted by Crippen LogP contribution is 2.38. The molecule has 0 aromatic carbocycles. The van der Waals surface area contributed by atoms with Crippen molar-refractivity contribution < 1.29 is 0 Å². The Labute approximate surface area is 96.2 Å². The molecular formula is C15H28. The molecule has 0 heteroatoms. The van der Waals surface area contributed by atoms with Crippen molar-refractivity contribution in [2.24, 2.45) is 0 Å². The Morgan fingerprint density at radius 1 is 0.667 bits per heavy atom. The standard InChI is InChI=1S/C15H28/c1-3-5-7-9-11-14-13-15(14)12-10-8-6-4-2/h3-13H2,1-2H3. The molecule has 0 saturated heterocycles. The summed E-state index contributed by atoms with van der Waals surface area (Å²) >= 11 is 0. The first-order valence-corrected chi connectivity index (χ1v) is 7.08. The van der Waals surface area contributed by atoms with Crippen molar-refractivity contribution in [1.82, 2.24) is 0 Å². The molecule has 88 valence electrons. The van der Waals surface area contributed by atoms with Gasteiger partial charge in [0.05, 0.1) is 0 Å². The molecule has 1 aliphatic rings. The second-order valence-corrected chi connectivity index (χ2v) is 5.01. The van der Waals surface area contributed by atoms with Gasteiger partial charge in [0, 0.05) is 0 Å². The maximum absolute atomic E-state index is 2.29. The van der Waals surface area contributed by atoms with Crippen LogP contribution in [0.15, 0.2) is 11.1 Å². The van der Waals surface area contributed by atoms with Crippen molar-refractivity contribution in [3.63, 3.8) is 0 Å². The summed E-state index contributed by atoms with van der Waals surface area (Å²) in [6, 6.07) is 0. The van der Waals surface area contributed by atoms with Gasteiger partial charge in [0.2, 0.25) is 0 Å². The zero-order valence-electron chi connectivity index (χ0n) is 10.8. The van der Waals surface area contributed by atoms with E-state index in [-0.39, 0.29) is 0 Å². The van der Waals surface area contributed by atoms with Crippen LogP contribution < -0.4 is 0 Å². The minimum absolute atomic E-state index is 1.36. The summed E-state index contributed by atoms with van der Waals surface area (Å²) < 4.78 is 0. The summed E-state index contributed by atoms with van der Waals surface area (Å²) in [6.45, 7) is 4.57. The maximum Gasteiger partial charge on any atom is -0.0103 e. The monoisotopic (exact) mass is 208 g/mol. The number of hydrogen-bond acceptors (Lipinski definition) is 0. The first-order chi connectivity index (χ1) is 7.38. The molecule has 0 aliphatic heterocycles. The largest absolute Gasteiger partial charge is 0.0666 e. The van der Waals surface area contributed by atoms with Crippen LogP contribution in [0.1, 0.15) is 84.5 Å². The van der Waals surface area contributed by atoms with Crippen LogP contribution in [-0.2, 0) is 0 Å². The second-order valence-electron chi connectivity index (χ2n) is 5.01. The van der Waals surface area contributed by atoms with E-state index in [1.807, 2.05) is 11.1 Å². The topological polar surface area (TPSA) is 0 Å². The molecule has 0 amide bonds. The first-order valence-electron chi connectivity index (χ1n) is 7.08. The number of hydrogen-bond donors (Lipinski definition) is 0. The van der Waals surface area contributed by atoms with E-state index in [2.05, 4.69) is 13.8 Å². The fraction of sp³-hybridized carbons (Fsp3) is 0.867.